The Morgan fingerprint density at radius 2 is 1.69 bits per heavy atom. The SMILES string of the molecule is O=C(NCCCc1ccccc1)c1ccc(C#Cc2cnn(CC(O)(Cn3cncn3)c3ccc(F)cc3F)c2)cc1. The van der Waals surface area contributed by atoms with E-state index in [0.717, 1.165) is 25.0 Å². The van der Waals surface area contributed by atoms with Gasteiger partial charge in [-0.05, 0) is 48.7 Å². The van der Waals surface area contributed by atoms with E-state index in [-0.39, 0.29) is 24.6 Å². The zero-order chi connectivity index (χ0) is 29.4. The Labute approximate surface area is 241 Å². The fourth-order valence-electron chi connectivity index (χ4n) is 4.54. The first-order valence-electron chi connectivity index (χ1n) is 13.3. The number of halogens is 2. The van der Waals surface area contributed by atoms with E-state index >= 15 is 0 Å². The lowest BCUT2D eigenvalue weighted by molar-refractivity contribution is -0.00847. The van der Waals surface area contributed by atoms with E-state index in [1.807, 2.05) is 18.2 Å². The predicted octanol–water partition coefficient (Wildman–Crippen LogP) is 4.10. The molecule has 1 amide bonds. The highest BCUT2D eigenvalue weighted by molar-refractivity contribution is 5.94. The van der Waals surface area contributed by atoms with Crippen molar-refractivity contribution in [3.8, 4) is 11.8 Å². The molecule has 0 saturated heterocycles. The van der Waals surface area contributed by atoms with Crippen LogP contribution in [0.1, 0.15) is 39.0 Å². The molecule has 8 nitrogen and oxygen atoms in total. The molecule has 0 aliphatic rings. The summed E-state index contributed by atoms with van der Waals surface area (Å²) in [6.07, 6.45) is 7.60. The van der Waals surface area contributed by atoms with Gasteiger partial charge < -0.3 is 10.4 Å². The molecular weight excluding hydrogens is 538 g/mol. The summed E-state index contributed by atoms with van der Waals surface area (Å²) in [5, 5.41) is 22.7. The number of aryl methyl sites for hydroxylation is 1. The third kappa shape index (κ3) is 7.33. The summed E-state index contributed by atoms with van der Waals surface area (Å²) >= 11 is 0. The zero-order valence-corrected chi connectivity index (χ0v) is 22.6. The number of nitrogens with zero attached hydrogens (tertiary/aromatic N) is 5. The minimum atomic E-state index is -1.81. The van der Waals surface area contributed by atoms with Gasteiger partial charge in [-0.2, -0.15) is 10.2 Å². The summed E-state index contributed by atoms with van der Waals surface area (Å²) < 4.78 is 31.0. The molecule has 0 fully saturated rings. The number of hydrogen-bond donors (Lipinski definition) is 2. The van der Waals surface area contributed by atoms with Gasteiger partial charge >= 0.3 is 0 Å². The molecule has 1 unspecified atom stereocenters. The maximum Gasteiger partial charge on any atom is 0.251 e. The number of benzene rings is 3. The van der Waals surface area contributed by atoms with Crippen LogP contribution in [0.4, 0.5) is 8.78 Å². The Morgan fingerprint density at radius 1 is 0.929 bits per heavy atom. The van der Waals surface area contributed by atoms with Crippen molar-refractivity contribution < 1.29 is 18.7 Å². The molecule has 2 heterocycles. The van der Waals surface area contributed by atoms with Crippen LogP contribution in [0.5, 0.6) is 0 Å². The molecule has 5 aromatic rings. The lowest BCUT2D eigenvalue weighted by atomic mass is 9.93. The van der Waals surface area contributed by atoms with Crippen LogP contribution in [0.25, 0.3) is 0 Å². The number of nitrogens with one attached hydrogen (secondary N) is 1. The summed E-state index contributed by atoms with van der Waals surface area (Å²) in [7, 11) is 0. The molecule has 2 aromatic heterocycles. The smallest absolute Gasteiger partial charge is 0.251 e. The number of aliphatic hydroxyl groups is 1. The average molecular weight is 567 g/mol. The van der Waals surface area contributed by atoms with Crippen LogP contribution in [0.3, 0.4) is 0 Å². The van der Waals surface area contributed by atoms with Gasteiger partial charge in [0.25, 0.3) is 5.91 Å². The monoisotopic (exact) mass is 566 g/mol. The molecule has 2 N–H and O–H groups in total. The van der Waals surface area contributed by atoms with E-state index in [2.05, 4.69) is 44.5 Å². The van der Waals surface area contributed by atoms with Crippen LogP contribution >= 0.6 is 0 Å². The number of carbonyl (C=O) groups excluding carboxylic acids is 1. The van der Waals surface area contributed by atoms with Gasteiger partial charge in [0.05, 0.1) is 24.8 Å². The highest BCUT2D eigenvalue weighted by Gasteiger charge is 2.34. The topological polar surface area (TPSA) is 97.9 Å². The van der Waals surface area contributed by atoms with Gasteiger partial charge in [-0.15, -0.1) is 0 Å². The largest absolute Gasteiger partial charge is 0.381 e. The first-order valence-corrected chi connectivity index (χ1v) is 13.3. The van der Waals surface area contributed by atoms with E-state index < -0.39 is 17.2 Å². The molecule has 0 saturated carbocycles. The van der Waals surface area contributed by atoms with E-state index in [4.69, 9.17) is 0 Å². The van der Waals surface area contributed by atoms with E-state index in [1.54, 1.807) is 30.5 Å². The Hall–Kier alpha value is -5.14. The van der Waals surface area contributed by atoms with Gasteiger partial charge in [0.1, 0.15) is 29.9 Å². The third-order valence-electron chi connectivity index (χ3n) is 6.65. The van der Waals surface area contributed by atoms with Crippen molar-refractivity contribution in [2.24, 2.45) is 0 Å². The van der Waals surface area contributed by atoms with Crippen molar-refractivity contribution in [3.05, 3.63) is 137 Å². The maximum absolute atomic E-state index is 14.7. The van der Waals surface area contributed by atoms with Crippen molar-refractivity contribution in [3.63, 3.8) is 0 Å². The Bertz CT molecular complexity index is 1690. The summed E-state index contributed by atoms with van der Waals surface area (Å²) in [5.41, 5.74) is 1.16. The number of amides is 1. The first kappa shape index (κ1) is 28.4. The second-order valence-corrected chi connectivity index (χ2v) is 9.85. The first-order chi connectivity index (χ1) is 20.4. The molecule has 0 bridgehead atoms. The lowest BCUT2D eigenvalue weighted by Gasteiger charge is -2.28. The Kier molecular flexibility index (Phi) is 8.80. The highest BCUT2D eigenvalue weighted by atomic mass is 19.1. The molecule has 10 heteroatoms. The Morgan fingerprint density at radius 3 is 2.43 bits per heavy atom. The molecular formula is C32H28F2N6O2. The standard InChI is InChI=1S/C32H28F2N6O2/c33-28-14-15-29(30(34)17-28)32(42,21-40-23-35-22-38-40)20-39-19-26(18-37-39)9-8-25-10-12-27(13-11-25)31(41)36-16-4-7-24-5-2-1-3-6-24/h1-3,5-6,10-15,17-19,22-23,42H,4,7,16,20-21H2,(H,36,41). The van der Waals surface area contributed by atoms with Gasteiger partial charge in [-0.3, -0.25) is 9.48 Å². The summed E-state index contributed by atoms with van der Waals surface area (Å²) in [4.78, 5) is 16.3. The molecule has 5 rings (SSSR count). The molecule has 212 valence electrons. The van der Waals surface area contributed by atoms with Gasteiger partial charge in [-0.25, -0.2) is 18.4 Å². The van der Waals surface area contributed by atoms with Crippen LogP contribution in [0.15, 0.2) is 97.8 Å². The van der Waals surface area contributed by atoms with Crippen LogP contribution in [-0.2, 0) is 25.1 Å². The van der Waals surface area contributed by atoms with Crippen molar-refractivity contribution >= 4 is 5.91 Å². The van der Waals surface area contributed by atoms with Gasteiger partial charge in [0.15, 0.2) is 0 Å². The molecule has 0 radical (unpaired) electrons. The predicted molar refractivity (Wildman–Crippen MR) is 152 cm³/mol. The normalized spacial score (nSPS) is 12.3. The second-order valence-electron chi connectivity index (χ2n) is 9.85. The van der Waals surface area contributed by atoms with E-state index in [0.29, 0.717) is 23.2 Å². The molecule has 0 spiro atoms. The molecule has 0 aliphatic carbocycles. The number of aromatic nitrogens is 5. The van der Waals surface area contributed by atoms with Crippen LogP contribution < -0.4 is 5.32 Å². The van der Waals surface area contributed by atoms with Crippen molar-refractivity contribution in [1.29, 1.82) is 0 Å². The fraction of sp³-hybridized carbons (Fsp3) is 0.188. The number of carbonyl (C=O) groups is 1. The average Bonchev–Trinajstić information content (AvgIpc) is 3.66. The van der Waals surface area contributed by atoms with Crippen LogP contribution in [0.2, 0.25) is 0 Å². The van der Waals surface area contributed by atoms with E-state index in [9.17, 15) is 18.7 Å². The van der Waals surface area contributed by atoms with Gasteiger partial charge in [0.2, 0.25) is 0 Å². The third-order valence-corrected chi connectivity index (χ3v) is 6.65. The molecule has 3 aromatic carbocycles. The van der Waals surface area contributed by atoms with Crippen molar-refractivity contribution in [2.75, 3.05) is 6.54 Å². The lowest BCUT2D eigenvalue weighted by Crippen LogP contribution is -2.37. The van der Waals surface area contributed by atoms with Gasteiger partial charge in [0, 0.05) is 35.5 Å². The van der Waals surface area contributed by atoms with Crippen molar-refractivity contribution in [2.45, 2.75) is 31.5 Å². The number of hydrogen-bond acceptors (Lipinski definition) is 5. The van der Waals surface area contributed by atoms with Gasteiger partial charge in [-0.1, -0.05) is 48.2 Å². The highest BCUT2D eigenvalue weighted by Crippen LogP contribution is 2.28. The van der Waals surface area contributed by atoms with Crippen molar-refractivity contribution in [1.82, 2.24) is 29.9 Å². The zero-order valence-electron chi connectivity index (χ0n) is 22.6. The minimum absolute atomic E-state index is 0.0946. The maximum atomic E-state index is 14.7. The van der Waals surface area contributed by atoms with E-state index in [1.165, 1.54) is 39.8 Å². The number of rotatable bonds is 10. The summed E-state index contributed by atoms with van der Waals surface area (Å²) in [6, 6.07) is 20.1. The minimum Gasteiger partial charge on any atom is -0.381 e. The second kappa shape index (κ2) is 13.0. The molecule has 42 heavy (non-hydrogen) atoms. The summed E-state index contributed by atoms with van der Waals surface area (Å²) in [6.45, 7) is 0.302. The fourth-order valence-corrected chi connectivity index (χ4v) is 4.54. The van der Waals surface area contributed by atoms with Crippen LogP contribution in [0, 0.1) is 23.5 Å². The molecule has 0 aliphatic heterocycles. The Balaban J connectivity index is 1.21. The van der Waals surface area contributed by atoms with Crippen LogP contribution in [-0.4, -0.2) is 42.1 Å². The molecule has 1 atom stereocenters. The quantitative estimate of drug-likeness (QED) is 0.196. The summed E-state index contributed by atoms with van der Waals surface area (Å²) in [5.74, 6) is 4.28.